The van der Waals surface area contributed by atoms with E-state index in [0.29, 0.717) is 4.47 Å². The van der Waals surface area contributed by atoms with Crippen molar-refractivity contribution >= 4 is 45.5 Å². The number of hydrogen-bond acceptors (Lipinski definition) is 5. The van der Waals surface area contributed by atoms with Crippen molar-refractivity contribution in [3.05, 3.63) is 22.7 Å². The third kappa shape index (κ3) is 6.11. The molecule has 0 N–H and O–H groups in total. The topological polar surface area (TPSA) is 77.5 Å². The van der Waals surface area contributed by atoms with Crippen molar-refractivity contribution in [2.24, 2.45) is 0 Å². The SMILES string of the molecule is CS(=O)(=O)CCCOc1ccc(Br)cc1S(=O)(=O)Cl. The number of ether oxygens (including phenoxy) is 1. The van der Waals surface area contributed by atoms with Crippen LogP contribution in [0.25, 0.3) is 0 Å². The summed E-state index contributed by atoms with van der Waals surface area (Å²) in [6, 6.07) is 4.39. The molecule has 0 aliphatic heterocycles. The number of rotatable bonds is 6. The van der Waals surface area contributed by atoms with Gasteiger partial charge < -0.3 is 4.74 Å². The smallest absolute Gasteiger partial charge is 0.265 e. The normalized spacial score (nSPS) is 12.4. The van der Waals surface area contributed by atoms with Crippen LogP contribution >= 0.6 is 26.6 Å². The Morgan fingerprint density at radius 2 is 1.89 bits per heavy atom. The summed E-state index contributed by atoms with van der Waals surface area (Å²) in [6.07, 6.45) is 1.40. The minimum absolute atomic E-state index is 0.0213. The molecule has 0 radical (unpaired) electrons. The molecular weight excluding hydrogens is 380 g/mol. The fraction of sp³-hybridized carbons (Fsp3) is 0.400. The van der Waals surface area contributed by atoms with E-state index in [9.17, 15) is 16.8 Å². The molecule has 0 atom stereocenters. The Morgan fingerprint density at radius 1 is 1.26 bits per heavy atom. The molecule has 0 aliphatic carbocycles. The molecule has 0 spiro atoms. The van der Waals surface area contributed by atoms with Crippen molar-refractivity contribution < 1.29 is 21.6 Å². The lowest BCUT2D eigenvalue weighted by Gasteiger charge is -2.09. The number of sulfone groups is 1. The Morgan fingerprint density at radius 3 is 2.42 bits per heavy atom. The highest BCUT2D eigenvalue weighted by molar-refractivity contribution is 9.10. The average molecular weight is 392 g/mol. The molecule has 0 saturated heterocycles. The van der Waals surface area contributed by atoms with Crippen molar-refractivity contribution in [3.63, 3.8) is 0 Å². The van der Waals surface area contributed by atoms with Gasteiger partial charge >= 0.3 is 0 Å². The average Bonchev–Trinajstić information content (AvgIpc) is 2.23. The highest BCUT2D eigenvalue weighted by Crippen LogP contribution is 2.30. The maximum absolute atomic E-state index is 11.4. The molecule has 0 heterocycles. The van der Waals surface area contributed by atoms with Gasteiger partial charge in [0.15, 0.2) is 0 Å². The van der Waals surface area contributed by atoms with Crippen molar-refractivity contribution in [3.8, 4) is 5.75 Å². The van der Waals surface area contributed by atoms with Crippen LogP contribution in [0.5, 0.6) is 5.75 Å². The van der Waals surface area contributed by atoms with Gasteiger partial charge in [-0.15, -0.1) is 0 Å². The number of hydrogen-bond donors (Lipinski definition) is 0. The minimum atomic E-state index is -3.92. The van der Waals surface area contributed by atoms with Crippen LogP contribution in [-0.4, -0.2) is 35.5 Å². The van der Waals surface area contributed by atoms with Gasteiger partial charge in [-0.05, 0) is 24.6 Å². The first-order chi connectivity index (χ1) is 8.59. The van der Waals surface area contributed by atoms with Gasteiger partial charge in [-0.2, -0.15) is 0 Å². The van der Waals surface area contributed by atoms with Crippen LogP contribution in [0, 0.1) is 0 Å². The van der Waals surface area contributed by atoms with Crippen LogP contribution < -0.4 is 4.74 Å². The van der Waals surface area contributed by atoms with Crippen LogP contribution in [0.2, 0.25) is 0 Å². The number of halogens is 2. The maximum Gasteiger partial charge on any atom is 0.265 e. The van der Waals surface area contributed by atoms with Gasteiger partial charge in [0.1, 0.15) is 20.5 Å². The predicted molar refractivity (Wildman–Crippen MR) is 77.0 cm³/mol. The molecule has 1 rings (SSSR count). The summed E-state index contributed by atoms with van der Waals surface area (Å²) in [7, 11) is -1.68. The molecule has 19 heavy (non-hydrogen) atoms. The molecule has 5 nitrogen and oxygen atoms in total. The fourth-order valence-corrected chi connectivity index (χ4v) is 3.45. The first kappa shape index (κ1) is 16.7. The molecule has 0 fully saturated rings. The predicted octanol–water partition coefficient (Wildman–Crippen LogP) is 2.19. The van der Waals surface area contributed by atoms with Gasteiger partial charge in [-0.25, -0.2) is 16.8 Å². The monoisotopic (exact) mass is 390 g/mol. The summed E-state index contributed by atoms with van der Waals surface area (Å²) in [6.45, 7) is 0.0914. The summed E-state index contributed by atoms with van der Waals surface area (Å²) in [4.78, 5) is -0.150. The fourth-order valence-electron chi connectivity index (χ4n) is 1.29. The van der Waals surface area contributed by atoms with E-state index in [1.807, 2.05) is 0 Å². The van der Waals surface area contributed by atoms with Crippen LogP contribution in [0.15, 0.2) is 27.6 Å². The van der Waals surface area contributed by atoms with E-state index in [2.05, 4.69) is 15.9 Å². The quantitative estimate of drug-likeness (QED) is 0.549. The molecule has 0 saturated carbocycles. The van der Waals surface area contributed by atoms with E-state index in [1.54, 1.807) is 6.07 Å². The first-order valence-corrected chi connectivity index (χ1v) is 10.3. The second kappa shape index (κ2) is 6.43. The van der Waals surface area contributed by atoms with E-state index < -0.39 is 18.9 Å². The highest BCUT2D eigenvalue weighted by atomic mass is 79.9. The van der Waals surface area contributed by atoms with Gasteiger partial charge in [0.2, 0.25) is 0 Å². The third-order valence-corrected chi connectivity index (χ3v) is 4.95. The van der Waals surface area contributed by atoms with Crippen molar-refractivity contribution in [1.29, 1.82) is 0 Å². The van der Waals surface area contributed by atoms with Gasteiger partial charge in [-0.1, -0.05) is 15.9 Å². The standard InChI is InChI=1S/C10H12BrClO5S2/c1-18(13,14)6-2-5-17-9-4-3-8(11)7-10(9)19(12,15)16/h3-4,7H,2,5-6H2,1H3. The van der Waals surface area contributed by atoms with Crippen LogP contribution in [0.3, 0.4) is 0 Å². The van der Waals surface area contributed by atoms with Gasteiger partial charge in [0, 0.05) is 21.4 Å². The van der Waals surface area contributed by atoms with E-state index in [4.69, 9.17) is 15.4 Å². The van der Waals surface area contributed by atoms with Crippen molar-refractivity contribution in [2.75, 3.05) is 18.6 Å². The zero-order valence-corrected chi connectivity index (χ0v) is 13.9. The highest BCUT2D eigenvalue weighted by Gasteiger charge is 2.17. The van der Waals surface area contributed by atoms with Crippen LogP contribution in [-0.2, 0) is 18.9 Å². The lowest BCUT2D eigenvalue weighted by molar-refractivity contribution is 0.309. The second-order valence-corrected chi connectivity index (χ2v) is 9.57. The van der Waals surface area contributed by atoms with Gasteiger partial charge in [-0.3, -0.25) is 0 Å². The van der Waals surface area contributed by atoms with E-state index in [1.165, 1.54) is 12.1 Å². The lowest BCUT2D eigenvalue weighted by Crippen LogP contribution is -2.09. The van der Waals surface area contributed by atoms with Crippen LogP contribution in [0.1, 0.15) is 6.42 Å². The molecule has 108 valence electrons. The summed E-state index contributed by atoms with van der Waals surface area (Å²) < 4.78 is 50.4. The van der Waals surface area contributed by atoms with Crippen molar-refractivity contribution in [1.82, 2.24) is 0 Å². The Kier molecular flexibility index (Phi) is 5.66. The molecule has 0 amide bonds. The van der Waals surface area contributed by atoms with Gasteiger partial charge in [0.05, 0.1) is 12.4 Å². The second-order valence-electron chi connectivity index (χ2n) is 3.86. The van der Waals surface area contributed by atoms with Crippen LogP contribution in [0.4, 0.5) is 0 Å². The molecule has 0 aliphatic rings. The number of benzene rings is 1. The van der Waals surface area contributed by atoms with Gasteiger partial charge in [0.25, 0.3) is 9.05 Å². The van der Waals surface area contributed by atoms with E-state index in [-0.39, 0.29) is 29.4 Å². The largest absolute Gasteiger partial charge is 0.492 e. The minimum Gasteiger partial charge on any atom is -0.492 e. The zero-order valence-electron chi connectivity index (χ0n) is 9.97. The van der Waals surface area contributed by atoms with E-state index in [0.717, 1.165) is 6.26 Å². The Hall–Kier alpha value is -0.310. The summed E-state index contributed by atoms with van der Waals surface area (Å²) in [5, 5.41) is 0. The molecule has 0 bridgehead atoms. The molecular formula is C10H12BrClO5S2. The summed E-state index contributed by atoms with van der Waals surface area (Å²) in [5.74, 6) is 0.0821. The maximum atomic E-state index is 11.4. The summed E-state index contributed by atoms with van der Waals surface area (Å²) in [5.41, 5.74) is 0. The summed E-state index contributed by atoms with van der Waals surface area (Å²) >= 11 is 3.14. The molecule has 9 heteroatoms. The third-order valence-electron chi connectivity index (χ3n) is 2.09. The van der Waals surface area contributed by atoms with E-state index >= 15 is 0 Å². The first-order valence-electron chi connectivity index (χ1n) is 5.14. The molecule has 1 aromatic carbocycles. The Bertz CT molecular complexity index is 654. The Balaban J connectivity index is 2.79. The van der Waals surface area contributed by atoms with Crippen molar-refractivity contribution in [2.45, 2.75) is 11.3 Å². The molecule has 0 unspecified atom stereocenters. The zero-order chi connectivity index (χ0) is 14.7. The Labute approximate surface area is 125 Å². The molecule has 1 aromatic rings. The molecule has 0 aromatic heterocycles. The lowest BCUT2D eigenvalue weighted by atomic mass is 10.3.